The molecule has 34 heteroatoms. The van der Waals surface area contributed by atoms with Crippen LogP contribution in [-0.2, 0) is 100.0 Å². The fraction of sp³-hybridized carbons (Fsp3) is 0.862. The van der Waals surface area contributed by atoms with E-state index in [0.29, 0.717) is 97.1 Å². The molecule has 2 saturated heterocycles. The Morgan fingerprint density at radius 3 is 1.13 bits per heavy atom. The molecule has 0 aromatic rings. The predicted molar refractivity (Wildman–Crippen MR) is 351 cm³/mol. The number of unbranched alkanes of at least 4 members (excludes halogenated alkanes) is 3. The molecule has 0 aromatic carbocycles. The van der Waals surface area contributed by atoms with Crippen molar-refractivity contribution in [1.29, 1.82) is 0 Å². The summed E-state index contributed by atoms with van der Waals surface area (Å²) in [6.07, 6.45) is -6.28. The number of amides is 6. The topological polar surface area (TPSA) is 484 Å². The standard InChI is InChI=1S/C65H117N7O27/c1-42-58(84)60(86)50(37-95-46(5)76)98-62(42)91-29-11-8-17-52(78)67-23-14-26-70-55(81)20-32-88-39-65(7,40-89-33-21-56(82)71-27-15-24-68-53(79)18-9-12-30-92-63-43(2)59(85)61(87)51(99-63)38-96-47(6)77)41-90-34-22-57(83)72-28-16-25-69-54(80)19-10-13-31-93-64(48(66)35-73)97-49(44(3)74)36-94-45(4)75/h42-44,48-51,58-64,73-74,84-87H,8-41,66H2,1-7H3,(H,67,78)(H,68,79)(H,69,80)(H,70,81)(H,71,82)(H,72,83)/t42-,43-,44+,48-,49?,50?,51?,58?,59?,60-,61?,62+,63+,64+,65?/m0/s1. The molecule has 0 spiro atoms. The molecule has 0 radical (unpaired) electrons. The summed E-state index contributed by atoms with van der Waals surface area (Å²) >= 11 is 0. The molecule has 7 unspecified atom stereocenters. The fourth-order valence-electron chi connectivity index (χ4n) is 9.71. The van der Waals surface area contributed by atoms with Gasteiger partial charge >= 0.3 is 17.9 Å². The summed E-state index contributed by atoms with van der Waals surface area (Å²) in [5, 5.41) is 77.9. The molecule has 2 rings (SSSR count). The highest BCUT2D eigenvalue weighted by atomic mass is 16.7. The number of nitrogens with two attached hydrogens (primary N) is 1. The van der Waals surface area contributed by atoms with Crippen LogP contribution in [0.25, 0.3) is 0 Å². The third-order valence-electron chi connectivity index (χ3n) is 15.8. The molecular formula is C65H117N7O27. The van der Waals surface area contributed by atoms with E-state index in [1.807, 2.05) is 6.92 Å². The van der Waals surface area contributed by atoms with E-state index in [-0.39, 0.29) is 153 Å². The number of hydrogen-bond donors (Lipinski definition) is 13. The van der Waals surface area contributed by atoms with E-state index in [9.17, 15) is 73.8 Å². The van der Waals surface area contributed by atoms with Gasteiger partial charge in [-0.05, 0) is 64.7 Å². The van der Waals surface area contributed by atoms with Crippen molar-refractivity contribution in [2.75, 3.05) is 125 Å². The van der Waals surface area contributed by atoms with Crippen LogP contribution < -0.4 is 37.6 Å². The van der Waals surface area contributed by atoms with E-state index in [0.717, 1.165) is 0 Å². The van der Waals surface area contributed by atoms with Crippen LogP contribution in [0, 0.1) is 17.3 Å². The molecule has 6 amide bonds. The van der Waals surface area contributed by atoms with Gasteiger partial charge in [0.05, 0.1) is 70.6 Å². The number of esters is 3. The van der Waals surface area contributed by atoms with E-state index in [1.54, 1.807) is 13.8 Å². The fourth-order valence-corrected chi connectivity index (χ4v) is 9.71. The maximum absolute atomic E-state index is 12.7. The summed E-state index contributed by atoms with van der Waals surface area (Å²) in [6.45, 7) is 12.1. The molecule has 0 aliphatic carbocycles. The molecule has 15 atom stereocenters. The third-order valence-corrected chi connectivity index (χ3v) is 15.8. The molecule has 0 saturated carbocycles. The van der Waals surface area contributed by atoms with Gasteiger partial charge in [0.25, 0.3) is 0 Å². The average Bonchev–Trinajstić information content (AvgIpc) is 0.837. The number of ether oxygens (including phenoxy) is 12. The summed E-state index contributed by atoms with van der Waals surface area (Å²) in [6, 6.07) is -0.942. The van der Waals surface area contributed by atoms with Crippen molar-refractivity contribution in [3.63, 3.8) is 0 Å². The van der Waals surface area contributed by atoms with Gasteiger partial charge in [0.1, 0.15) is 50.3 Å². The summed E-state index contributed by atoms with van der Waals surface area (Å²) in [5.41, 5.74) is 5.16. The lowest BCUT2D eigenvalue weighted by Crippen LogP contribution is -2.55. The first kappa shape index (κ1) is 89.7. The zero-order chi connectivity index (χ0) is 73.5. The van der Waals surface area contributed by atoms with Crippen molar-refractivity contribution in [3.05, 3.63) is 0 Å². The zero-order valence-electron chi connectivity index (χ0n) is 59.0. The maximum Gasteiger partial charge on any atom is 0.302 e. The second-order valence-corrected chi connectivity index (χ2v) is 25.2. The van der Waals surface area contributed by atoms with Gasteiger partial charge < -0.3 is 125 Å². The van der Waals surface area contributed by atoms with Gasteiger partial charge in [-0.15, -0.1) is 0 Å². The minimum Gasteiger partial charge on any atom is -0.463 e. The monoisotopic (exact) mass is 1430 g/mol. The molecule has 2 aliphatic heterocycles. The molecule has 2 heterocycles. The van der Waals surface area contributed by atoms with Crippen molar-refractivity contribution >= 4 is 53.4 Å². The van der Waals surface area contributed by atoms with Crippen LogP contribution in [-0.4, -0.2) is 283 Å². The number of nitrogens with one attached hydrogen (secondary N) is 6. The Bertz CT molecular complexity index is 2210. The van der Waals surface area contributed by atoms with E-state index < -0.39 is 116 Å². The summed E-state index contributed by atoms with van der Waals surface area (Å²) in [5.74, 6) is -4.10. The first-order chi connectivity index (χ1) is 47.2. The van der Waals surface area contributed by atoms with E-state index in [1.165, 1.54) is 27.7 Å². The van der Waals surface area contributed by atoms with E-state index in [2.05, 4.69) is 31.9 Å². The lowest BCUT2D eigenvalue weighted by Gasteiger charge is -2.41. The van der Waals surface area contributed by atoms with Gasteiger partial charge in [0, 0.05) is 136 Å². The van der Waals surface area contributed by atoms with Gasteiger partial charge in [-0.1, -0.05) is 20.8 Å². The number of aliphatic hydroxyl groups excluding tert-OH is 6. The molecule has 0 bridgehead atoms. The Morgan fingerprint density at radius 2 is 0.808 bits per heavy atom. The molecular weight excluding hydrogens is 1310 g/mol. The average molecular weight is 1430 g/mol. The Balaban J connectivity index is 1.74. The Hall–Kier alpha value is -5.41. The predicted octanol–water partition coefficient (Wildman–Crippen LogP) is -2.09. The van der Waals surface area contributed by atoms with Crippen LogP contribution in [0.1, 0.15) is 145 Å². The highest BCUT2D eigenvalue weighted by Crippen LogP contribution is 2.29. The number of hydrogen-bond acceptors (Lipinski definition) is 28. The Morgan fingerprint density at radius 1 is 0.475 bits per heavy atom. The second kappa shape index (κ2) is 52.5. The minimum atomic E-state index is -1.25. The van der Waals surface area contributed by atoms with Crippen molar-refractivity contribution in [2.24, 2.45) is 23.0 Å². The van der Waals surface area contributed by atoms with Gasteiger partial charge in [-0.2, -0.15) is 0 Å². The van der Waals surface area contributed by atoms with Crippen molar-refractivity contribution < 1.29 is 131 Å². The lowest BCUT2D eigenvalue weighted by atomic mass is 9.92. The van der Waals surface area contributed by atoms with E-state index >= 15 is 0 Å². The van der Waals surface area contributed by atoms with Crippen LogP contribution in [0.5, 0.6) is 0 Å². The Labute approximate surface area is 580 Å². The number of carbonyl (C=O) groups excluding carboxylic acids is 9. The molecule has 99 heavy (non-hydrogen) atoms. The molecule has 2 aliphatic rings. The second-order valence-electron chi connectivity index (χ2n) is 25.2. The van der Waals surface area contributed by atoms with Crippen LogP contribution in [0.15, 0.2) is 0 Å². The SMILES string of the molecule is CC(=O)OCC1O[C@@H](OCCCCC(=O)NCCCNC(=O)CCOCC(C)(COCCC(=O)NCCCNC(=O)CCCCO[C@H](OC(COC(C)=O)[C@@H](C)O)[C@@H](N)CO)COCCC(=O)NCCCNC(=O)CCCCO[C@@H]2OC(COC(C)=O)[C@H](O)C(O)[C@@H]2C)[C@@H](C)C(O)C1O. The van der Waals surface area contributed by atoms with Gasteiger partial charge in [-0.25, -0.2) is 0 Å². The van der Waals surface area contributed by atoms with E-state index in [4.69, 9.17) is 62.6 Å². The molecule has 14 N–H and O–H groups in total. The number of carbonyl (C=O) groups is 9. The quantitative estimate of drug-likeness (QED) is 0.0134. The smallest absolute Gasteiger partial charge is 0.302 e. The van der Waals surface area contributed by atoms with Gasteiger partial charge in [0.2, 0.25) is 35.4 Å². The first-order valence-corrected chi connectivity index (χ1v) is 34.5. The van der Waals surface area contributed by atoms with Crippen molar-refractivity contribution in [3.8, 4) is 0 Å². The summed E-state index contributed by atoms with van der Waals surface area (Å²) < 4.78 is 67.0. The third kappa shape index (κ3) is 41.3. The van der Waals surface area contributed by atoms with Crippen LogP contribution in [0.2, 0.25) is 0 Å². The number of aliphatic hydroxyl groups is 6. The molecule has 34 nitrogen and oxygen atoms in total. The largest absolute Gasteiger partial charge is 0.463 e. The van der Waals surface area contributed by atoms with Gasteiger partial charge in [-0.3, -0.25) is 43.2 Å². The minimum absolute atomic E-state index is 0.0334. The van der Waals surface area contributed by atoms with Crippen molar-refractivity contribution in [2.45, 2.75) is 219 Å². The van der Waals surface area contributed by atoms with Crippen LogP contribution in [0.4, 0.5) is 0 Å². The van der Waals surface area contributed by atoms with Gasteiger partial charge in [0.15, 0.2) is 18.9 Å². The summed E-state index contributed by atoms with van der Waals surface area (Å²) in [7, 11) is 0. The lowest BCUT2D eigenvalue weighted by molar-refractivity contribution is -0.283. The molecule has 2 fully saturated rings. The normalized spacial score (nSPS) is 22.5. The number of rotatable bonds is 56. The zero-order valence-corrected chi connectivity index (χ0v) is 59.0. The highest BCUT2D eigenvalue weighted by Gasteiger charge is 2.44. The van der Waals surface area contributed by atoms with Crippen LogP contribution in [0.3, 0.4) is 0 Å². The van der Waals surface area contributed by atoms with Crippen molar-refractivity contribution in [1.82, 2.24) is 31.9 Å². The molecule has 0 aromatic heterocycles. The first-order valence-electron chi connectivity index (χ1n) is 34.5. The summed E-state index contributed by atoms with van der Waals surface area (Å²) in [4.78, 5) is 109. The molecule has 574 valence electrons. The maximum atomic E-state index is 12.7. The van der Waals surface area contributed by atoms with Crippen LogP contribution >= 0.6 is 0 Å². The highest BCUT2D eigenvalue weighted by molar-refractivity contribution is 5.78. The Kier molecular flexibility index (Phi) is 47.6.